The SMILES string of the molecule is COc1ccc(OC)c(CC(C#N)CC(=O)O)c1. The molecule has 0 aromatic heterocycles. The topological polar surface area (TPSA) is 79.5 Å². The van der Waals surface area contributed by atoms with Crippen LogP contribution in [0.1, 0.15) is 12.0 Å². The van der Waals surface area contributed by atoms with Gasteiger partial charge >= 0.3 is 5.97 Å². The predicted octanol–water partition coefficient (Wildman–Crippen LogP) is 1.86. The zero-order valence-corrected chi connectivity index (χ0v) is 10.3. The first-order valence-corrected chi connectivity index (χ1v) is 5.43. The number of carboxylic acid groups (broad SMARTS) is 1. The third-order valence-corrected chi connectivity index (χ3v) is 2.56. The molecule has 1 aromatic carbocycles. The average Bonchev–Trinajstić information content (AvgIpc) is 2.37. The monoisotopic (exact) mass is 249 g/mol. The highest BCUT2D eigenvalue weighted by Gasteiger charge is 2.16. The van der Waals surface area contributed by atoms with Crippen molar-refractivity contribution < 1.29 is 19.4 Å². The van der Waals surface area contributed by atoms with E-state index < -0.39 is 11.9 Å². The van der Waals surface area contributed by atoms with Crippen molar-refractivity contribution in [1.29, 1.82) is 5.26 Å². The normalized spacial score (nSPS) is 11.4. The molecule has 0 amide bonds. The van der Waals surface area contributed by atoms with Gasteiger partial charge < -0.3 is 14.6 Å². The van der Waals surface area contributed by atoms with Crippen LogP contribution in [-0.4, -0.2) is 25.3 Å². The van der Waals surface area contributed by atoms with Crippen LogP contribution in [0.3, 0.4) is 0 Å². The van der Waals surface area contributed by atoms with Gasteiger partial charge in [0, 0.05) is 0 Å². The highest BCUT2D eigenvalue weighted by Crippen LogP contribution is 2.27. The van der Waals surface area contributed by atoms with Gasteiger partial charge in [0.2, 0.25) is 0 Å². The number of nitrogens with zero attached hydrogens (tertiary/aromatic N) is 1. The Bertz CT molecular complexity index is 465. The van der Waals surface area contributed by atoms with Crippen LogP contribution in [0.4, 0.5) is 0 Å². The maximum absolute atomic E-state index is 10.6. The zero-order valence-electron chi connectivity index (χ0n) is 10.3. The highest BCUT2D eigenvalue weighted by molar-refractivity contribution is 5.67. The largest absolute Gasteiger partial charge is 0.497 e. The van der Waals surface area contributed by atoms with Crippen LogP contribution in [0, 0.1) is 17.2 Å². The second-order valence-corrected chi connectivity index (χ2v) is 3.81. The third kappa shape index (κ3) is 3.67. The molecule has 1 rings (SSSR count). The van der Waals surface area contributed by atoms with Gasteiger partial charge in [-0.25, -0.2) is 0 Å². The summed E-state index contributed by atoms with van der Waals surface area (Å²) < 4.78 is 10.3. The Morgan fingerprint density at radius 2 is 2.17 bits per heavy atom. The van der Waals surface area contributed by atoms with E-state index in [0.29, 0.717) is 17.9 Å². The number of aliphatic carboxylic acids is 1. The summed E-state index contributed by atoms with van der Waals surface area (Å²) in [5.41, 5.74) is 0.768. The summed E-state index contributed by atoms with van der Waals surface area (Å²) >= 11 is 0. The van der Waals surface area contributed by atoms with E-state index in [1.807, 2.05) is 6.07 Å². The Hall–Kier alpha value is -2.22. The smallest absolute Gasteiger partial charge is 0.304 e. The lowest BCUT2D eigenvalue weighted by molar-refractivity contribution is -0.137. The van der Waals surface area contributed by atoms with Crippen molar-refractivity contribution in [1.82, 2.24) is 0 Å². The summed E-state index contributed by atoms with van der Waals surface area (Å²) in [6.07, 6.45) is 0.139. The van der Waals surface area contributed by atoms with Crippen LogP contribution >= 0.6 is 0 Å². The van der Waals surface area contributed by atoms with Gasteiger partial charge in [-0.15, -0.1) is 0 Å². The third-order valence-electron chi connectivity index (χ3n) is 2.56. The quantitative estimate of drug-likeness (QED) is 0.832. The number of hydrogen-bond acceptors (Lipinski definition) is 4. The van der Waals surface area contributed by atoms with Crippen LogP contribution in [0.2, 0.25) is 0 Å². The second-order valence-electron chi connectivity index (χ2n) is 3.81. The van der Waals surface area contributed by atoms with Crippen molar-refractivity contribution in [3.8, 4) is 17.6 Å². The summed E-state index contributed by atoms with van der Waals surface area (Å²) in [6, 6.07) is 7.24. The number of ether oxygens (including phenoxy) is 2. The van der Waals surface area contributed by atoms with Crippen molar-refractivity contribution in [2.75, 3.05) is 14.2 Å². The average molecular weight is 249 g/mol. The first-order chi connectivity index (χ1) is 8.60. The molecule has 0 heterocycles. The van der Waals surface area contributed by atoms with Gasteiger partial charge in [-0.05, 0) is 30.2 Å². The van der Waals surface area contributed by atoms with Crippen LogP contribution < -0.4 is 9.47 Å². The lowest BCUT2D eigenvalue weighted by atomic mass is 9.97. The summed E-state index contributed by atoms with van der Waals surface area (Å²) in [4.78, 5) is 10.6. The minimum absolute atomic E-state index is 0.184. The predicted molar refractivity (Wildman–Crippen MR) is 64.6 cm³/mol. The standard InChI is InChI=1S/C13H15NO4/c1-17-11-3-4-12(18-2)10(7-11)5-9(8-14)6-13(15)16/h3-4,7,9H,5-6H2,1-2H3,(H,15,16). The van der Waals surface area contributed by atoms with Gasteiger partial charge in [-0.1, -0.05) is 0 Å². The van der Waals surface area contributed by atoms with Crippen molar-refractivity contribution in [2.24, 2.45) is 5.92 Å². The molecule has 0 spiro atoms. The number of rotatable bonds is 6. The molecule has 0 aliphatic carbocycles. The summed E-state index contributed by atoms with van der Waals surface area (Å²) in [7, 11) is 3.08. The maximum Gasteiger partial charge on any atom is 0.304 e. The van der Waals surface area contributed by atoms with E-state index in [4.69, 9.17) is 19.8 Å². The molecule has 0 aliphatic rings. The highest BCUT2D eigenvalue weighted by atomic mass is 16.5. The lowest BCUT2D eigenvalue weighted by Gasteiger charge is -2.12. The molecule has 1 N–H and O–H groups in total. The first kappa shape index (κ1) is 13.8. The number of benzene rings is 1. The molecule has 0 fully saturated rings. The molecule has 96 valence electrons. The lowest BCUT2D eigenvalue weighted by Crippen LogP contribution is -2.09. The van der Waals surface area contributed by atoms with Gasteiger partial charge in [0.1, 0.15) is 11.5 Å². The van der Waals surface area contributed by atoms with Crippen LogP contribution in [0.15, 0.2) is 18.2 Å². The van der Waals surface area contributed by atoms with Crippen molar-refractivity contribution in [3.63, 3.8) is 0 Å². The Labute approximate surface area is 106 Å². The van der Waals surface area contributed by atoms with Crippen LogP contribution in [0.5, 0.6) is 11.5 Å². The number of hydrogen-bond donors (Lipinski definition) is 1. The van der Waals surface area contributed by atoms with E-state index in [2.05, 4.69) is 0 Å². The molecule has 5 heteroatoms. The van der Waals surface area contributed by atoms with E-state index in [9.17, 15) is 4.79 Å². The summed E-state index contributed by atoms with van der Waals surface area (Å²) in [5.74, 6) is -0.286. The van der Waals surface area contributed by atoms with E-state index in [1.165, 1.54) is 7.11 Å². The fourth-order valence-electron chi connectivity index (χ4n) is 1.68. The van der Waals surface area contributed by atoms with Gasteiger partial charge in [0.25, 0.3) is 0 Å². The van der Waals surface area contributed by atoms with E-state index >= 15 is 0 Å². The van der Waals surface area contributed by atoms with Gasteiger partial charge in [-0.2, -0.15) is 5.26 Å². The molecule has 0 radical (unpaired) electrons. The van der Waals surface area contributed by atoms with Crippen LogP contribution in [-0.2, 0) is 11.2 Å². The number of nitriles is 1. The number of carbonyl (C=O) groups is 1. The number of methoxy groups -OCH3 is 2. The van der Waals surface area contributed by atoms with Gasteiger partial charge in [0.05, 0.1) is 32.6 Å². The molecule has 5 nitrogen and oxygen atoms in total. The molecule has 1 atom stereocenters. The minimum Gasteiger partial charge on any atom is -0.497 e. The summed E-state index contributed by atoms with van der Waals surface area (Å²) in [5, 5.41) is 17.7. The molecule has 0 bridgehead atoms. The van der Waals surface area contributed by atoms with Crippen molar-refractivity contribution >= 4 is 5.97 Å². The molecule has 1 unspecified atom stereocenters. The molecular weight excluding hydrogens is 234 g/mol. The fourth-order valence-corrected chi connectivity index (χ4v) is 1.68. The van der Waals surface area contributed by atoms with Gasteiger partial charge in [0.15, 0.2) is 0 Å². The van der Waals surface area contributed by atoms with Crippen molar-refractivity contribution in [2.45, 2.75) is 12.8 Å². The first-order valence-electron chi connectivity index (χ1n) is 5.43. The Morgan fingerprint density at radius 3 is 2.67 bits per heavy atom. The molecule has 0 saturated heterocycles. The second kappa shape index (κ2) is 6.50. The van der Waals surface area contributed by atoms with E-state index in [1.54, 1.807) is 25.3 Å². The van der Waals surface area contributed by atoms with Gasteiger partial charge in [-0.3, -0.25) is 4.79 Å². The summed E-state index contributed by atoms with van der Waals surface area (Å²) in [6.45, 7) is 0. The zero-order chi connectivity index (χ0) is 13.5. The van der Waals surface area contributed by atoms with E-state index in [0.717, 1.165) is 5.56 Å². The Balaban J connectivity index is 2.93. The van der Waals surface area contributed by atoms with E-state index in [-0.39, 0.29) is 6.42 Å². The molecule has 0 saturated carbocycles. The Morgan fingerprint density at radius 1 is 1.44 bits per heavy atom. The Kier molecular flexibility index (Phi) is 5.00. The van der Waals surface area contributed by atoms with Crippen molar-refractivity contribution in [3.05, 3.63) is 23.8 Å². The molecular formula is C13H15NO4. The molecule has 0 aliphatic heterocycles. The van der Waals surface area contributed by atoms with Crippen LogP contribution in [0.25, 0.3) is 0 Å². The maximum atomic E-state index is 10.6. The minimum atomic E-state index is -0.983. The number of carboxylic acids is 1. The molecule has 18 heavy (non-hydrogen) atoms. The fraction of sp³-hybridized carbons (Fsp3) is 0.385. The molecule has 1 aromatic rings.